The zero-order valence-corrected chi connectivity index (χ0v) is 14.7. The second kappa shape index (κ2) is 11.5. The van der Waals surface area contributed by atoms with Crippen LogP contribution in [0, 0.1) is 17.8 Å². The quantitative estimate of drug-likeness (QED) is 0.541. The Labute approximate surface area is 123 Å². The largest absolute Gasteiger partial charge is 0.380 e. The van der Waals surface area contributed by atoms with Crippen LogP contribution in [0.2, 0.25) is 0 Å². The molecule has 1 unspecified atom stereocenters. The van der Waals surface area contributed by atoms with Crippen molar-refractivity contribution < 1.29 is 4.74 Å². The fourth-order valence-corrected chi connectivity index (χ4v) is 3.83. The second-order valence-electron chi connectivity index (χ2n) is 6.21. The van der Waals surface area contributed by atoms with Crippen LogP contribution in [-0.2, 0) is 4.74 Å². The summed E-state index contributed by atoms with van der Waals surface area (Å²) in [5, 5.41) is 0.662. The smallest absolute Gasteiger partial charge is 0.0593 e. The summed E-state index contributed by atoms with van der Waals surface area (Å²) in [6, 6.07) is 0. The van der Waals surface area contributed by atoms with Gasteiger partial charge in [-0.2, -0.15) is 23.5 Å². The Balaban J connectivity index is 3.84. The second-order valence-corrected chi connectivity index (χ2v) is 8.62. The summed E-state index contributed by atoms with van der Waals surface area (Å²) in [6.45, 7) is 15.4. The minimum absolute atomic E-state index is 0.643. The molecular formula is C15H32OS2. The predicted molar refractivity (Wildman–Crippen MR) is 88.9 cm³/mol. The van der Waals surface area contributed by atoms with E-state index in [0.29, 0.717) is 11.2 Å². The summed E-state index contributed by atoms with van der Waals surface area (Å²) in [5.41, 5.74) is 0. The highest BCUT2D eigenvalue weighted by Gasteiger charge is 2.11. The van der Waals surface area contributed by atoms with Gasteiger partial charge in [-0.25, -0.2) is 0 Å². The van der Waals surface area contributed by atoms with Gasteiger partial charge in [-0.3, -0.25) is 0 Å². The molecule has 0 aliphatic rings. The maximum absolute atomic E-state index is 5.81. The molecule has 0 aromatic carbocycles. The number of hydrogen-bond donors (Lipinski definition) is 0. The molecule has 0 aliphatic carbocycles. The SMILES string of the molecule is CC(C)COCC(CSCC(C)C)SCC(C)C. The van der Waals surface area contributed by atoms with E-state index in [1.54, 1.807) is 0 Å². The van der Waals surface area contributed by atoms with Crippen molar-refractivity contribution in [2.45, 2.75) is 46.8 Å². The van der Waals surface area contributed by atoms with Gasteiger partial charge in [-0.05, 0) is 29.3 Å². The normalized spacial score (nSPS) is 13.8. The molecule has 0 rings (SSSR count). The van der Waals surface area contributed by atoms with E-state index >= 15 is 0 Å². The Kier molecular flexibility index (Phi) is 11.9. The van der Waals surface area contributed by atoms with Crippen molar-refractivity contribution in [2.24, 2.45) is 17.8 Å². The molecule has 0 amide bonds. The third-order valence-electron chi connectivity index (χ3n) is 2.18. The lowest BCUT2D eigenvalue weighted by Crippen LogP contribution is -2.19. The minimum Gasteiger partial charge on any atom is -0.380 e. The third kappa shape index (κ3) is 13.1. The topological polar surface area (TPSA) is 9.23 Å². The minimum atomic E-state index is 0.643. The van der Waals surface area contributed by atoms with Crippen LogP contribution in [-0.4, -0.2) is 35.7 Å². The average molecular weight is 293 g/mol. The van der Waals surface area contributed by atoms with Crippen LogP contribution in [0.1, 0.15) is 41.5 Å². The van der Waals surface area contributed by atoms with E-state index < -0.39 is 0 Å². The molecule has 0 fully saturated rings. The molecule has 0 heterocycles. The molecule has 110 valence electrons. The molecule has 1 atom stereocenters. The molecule has 0 aliphatic heterocycles. The summed E-state index contributed by atoms with van der Waals surface area (Å²) in [7, 11) is 0. The van der Waals surface area contributed by atoms with Gasteiger partial charge in [0.1, 0.15) is 0 Å². The van der Waals surface area contributed by atoms with Crippen LogP contribution >= 0.6 is 23.5 Å². The molecule has 0 saturated carbocycles. The van der Waals surface area contributed by atoms with E-state index in [4.69, 9.17) is 4.74 Å². The molecule has 0 bridgehead atoms. The molecule has 0 spiro atoms. The average Bonchev–Trinajstić information content (AvgIpc) is 2.24. The van der Waals surface area contributed by atoms with E-state index in [1.165, 1.54) is 17.3 Å². The van der Waals surface area contributed by atoms with Gasteiger partial charge in [-0.15, -0.1) is 0 Å². The summed E-state index contributed by atoms with van der Waals surface area (Å²) in [6.07, 6.45) is 0. The van der Waals surface area contributed by atoms with Crippen LogP contribution in [0.25, 0.3) is 0 Å². The Morgan fingerprint density at radius 3 is 1.83 bits per heavy atom. The maximum atomic E-state index is 5.81. The Bertz CT molecular complexity index is 167. The fraction of sp³-hybridized carbons (Fsp3) is 1.00. The summed E-state index contributed by atoms with van der Waals surface area (Å²) in [4.78, 5) is 0. The van der Waals surface area contributed by atoms with Crippen LogP contribution in [0.15, 0.2) is 0 Å². The van der Waals surface area contributed by atoms with Gasteiger partial charge in [0.2, 0.25) is 0 Å². The van der Waals surface area contributed by atoms with E-state index in [-0.39, 0.29) is 0 Å². The lowest BCUT2D eigenvalue weighted by Gasteiger charge is -2.19. The summed E-state index contributed by atoms with van der Waals surface area (Å²) >= 11 is 4.17. The van der Waals surface area contributed by atoms with Gasteiger partial charge in [0.25, 0.3) is 0 Å². The maximum Gasteiger partial charge on any atom is 0.0593 e. The van der Waals surface area contributed by atoms with Crippen molar-refractivity contribution in [2.75, 3.05) is 30.5 Å². The number of ether oxygens (including phenoxy) is 1. The van der Waals surface area contributed by atoms with E-state index in [2.05, 4.69) is 65.1 Å². The molecule has 0 N–H and O–H groups in total. The molecule has 1 nitrogen and oxygen atoms in total. The number of thioether (sulfide) groups is 2. The fourth-order valence-electron chi connectivity index (χ4n) is 1.34. The molecule has 3 heteroatoms. The van der Waals surface area contributed by atoms with Gasteiger partial charge in [0.05, 0.1) is 6.61 Å². The van der Waals surface area contributed by atoms with Gasteiger partial charge in [-0.1, -0.05) is 41.5 Å². The monoisotopic (exact) mass is 292 g/mol. The van der Waals surface area contributed by atoms with Crippen molar-refractivity contribution in [1.29, 1.82) is 0 Å². The standard InChI is InChI=1S/C15H32OS2/c1-12(2)7-16-8-15(18-10-14(5)6)11-17-9-13(3)4/h12-15H,7-11H2,1-6H3. The van der Waals surface area contributed by atoms with Crippen molar-refractivity contribution >= 4 is 23.5 Å². The first kappa shape index (κ1) is 18.7. The van der Waals surface area contributed by atoms with E-state index in [1.807, 2.05) is 0 Å². The van der Waals surface area contributed by atoms with Crippen LogP contribution in [0.3, 0.4) is 0 Å². The Morgan fingerprint density at radius 2 is 1.33 bits per heavy atom. The third-order valence-corrected chi connectivity index (χ3v) is 5.56. The predicted octanol–water partition coefficient (Wildman–Crippen LogP) is 4.81. The van der Waals surface area contributed by atoms with E-state index in [0.717, 1.165) is 25.0 Å². The van der Waals surface area contributed by atoms with Crippen molar-refractivity contribution in [1.82, 2.24) is 0 Å². The highest BCUT2D eigenvalue weighted by atomic mass is 32.2. The van der Waals surface area contributed by atoms with Gasteiger partial charge in [0.15, 0.2) is 0 Å². The first-order valence-electron chi connectivity index (χ1n) is 7.18. The van der Waals surface area contributed by atoms with Crippen molar-refractivity contribution in [3.63, 3.8) is 0 Å². The first-order valence-corrected chi connectivity index (χ1v) is 9.39. The lowest BCUT2D eigenvalue weighted by molar-refractivity contribution is 0.114. The lowest BCUT2D eigenvalue weighted by atomic mass is 10.2. The van der Waals surface area contributed by atoms with Crippen molar-refractivity contribution in [3.8, 4) is 0 Å². The summed E-state index contributed by atoms with van der Waals surface area (Å²) < 4.78 is 5.81. The molecule has 0 aromatic heterocycles. The number of hydrogen-bond acceptors (Lipinski definition) is 3. The first-order chi connectivity index (χ1) is 8.41. The van der Waals surface area contributed by atoms with Crippen molar-refractivity contribution in [3.05, 3.63) is 0 Å². The van der Waals surface area contributed by atoms with Gasteiger partial charge < -0.3 is 4.74 Å². The zero-order valence-electron chi connectivity index (χ0n) is 13.1. The molecule has 0 saturated heterocycles. The van der Waals surface area contributed by atoms with Crippen LogP contribution in [0.5, 0.6) is 0 Å². The highest BCUT2D eigenvalue weighted by molar-refractivity contribution is 8.03. The highest BCUT2D eigenvalue weighted by Crippen LogP contribution is 2.21. The summed E-state index contributed by atoms with van der Waals surface area (Å²) in [5.74, 6) is 5.96. The molecule has 0 aromatic rings. The Morgan fingerprint density at radius 1 is 0.722 bits per heavy atom. The molecular weight excluding hydrogens is 260 g/mol. The van der Waals surface area contributed by atoms with E-state index in [9.17, 15) is 0 Å². The number of rotatable bonds is 11. The van der Waals surface area contributed by atoms with Gasteiger partial charge >= 0.3 is 0 Å². The molecule has 0 radical (unpaired) electrons. The Hall–Kier alpha value is 0.660. The van der Waals surface area contributed by atoms with Crippen LogP contribution < -0.4 is 0 Å². The van der Waals surface area contributed by atoms with Gasteiger partial charge in [0, 0.05) is 17.6 Å². The zero-order chi connectivity index (χ0) is 14.0. The molecule has 18 heavy (non-hydrogen) atoms. The van der Waals surface area contributed by atoms with Crippen LogP contribution in [0.4, 0.5) is 0 Å².